The molecular weight excluding hydrogens is 349 g/mol. The Balaban J connectivity index is 3.26. The Bertz CT molecular complexity index is 542. The van der Waals surface area contributed by atoms with Crippen molar-refractivity contribution in [2.75, 3.05) is 33.4 Å². The lowest BCUT2D eigenvalue weighted by Gasteiger charge is -2.22. The monoisotopic (exact) mass is 361 g/mol. The SMILES string of the molecule is COCCN(CCO)S(=O)(=O)c1c(Cl)cc(Cl)cc1Cl. The zero-order valence-corrected chi connectivity index (χ0v) is 13.7. The lowest BCUT2D eigenvalue weighted by molar-refractivity contribution is 0.168. The van der Waals surface area contributed by atoms with Gasteiger partial charge in [0.1, 0.15) is 4.90 Å². The molecule has 1 aromatic rings. The first kappa shape index (κ1) is 18.0. The Kier molecular flexibility index (Phi) is 7.00. The number of ether oxygens (including phenoxy) is 1. The molecule has 0 heterocycles. The van der Waals surface area contributed by atoms with Crippen LogP contribution < -0.4 is 0 Å². The summed E-state index contributed by atoms with van der Waals surface area (Å²) in [4.78, 5) is -0.227. The summed E-state index contributed by atoms with van der Waals surface area (Å²) in [6.07, 6.45) is 0. The molecule has 0 unspecified atom stereocenters. The fourth-order valence-corrected chi connectivity index (χ4v) is 4.47. The molecule has 0 atom stereocenters. The third-order valence-corrected chi connectivity index (χ3v) is 5.49. The normalized spacial score (nSPS) is 12.1. The minimum Gasteiger partial charge on any atom is -0.395 e. The van der Waals surface area contributed by atoms with Gasteiger partial charge in [0.05, 0.1) is 23.3 Å². The maximum atomic E-state index is 12.5. The summed E-state index contributed by atoms with van der Waals surface area (Å²) in [5.41, 5.74) is 0. The van der Waals surface area contributed by atoms with Crippen LogP contribution in [-0.4, -0.2) is 51.2 Å². The second-order valence-corrected chi connectivity index (χ2v) is 6.94. The summed E-state index contributed by atoms with van der Waals surface area (Å²) < 4.78 is 31.0. The molecule has 20 heavy (non-hydrogen) atoms. The number of aliphatic hydroxyl groups is 1. The molecule has 0 amide bonds. The van der Waals surface area contributed by atoms with Crippen molar-refractivity contribution < 1.29 is 18.3 Å². The molecule has 114 valence electrons. The number of benzene rings is 1. The molecule has 0 aliphatic carbocycles. The van der Waals surface area contributed by atoms with Crippen LogP contribution in [0.2, 0.25) is 15.1 Å². The highest BCUT2D eigenvalue weighted by Gasteiger charge is 2.29. The van der Waals surface area contributed by atoms with Gasteiger partial charge < -0.3 is 9.84 Å². The second-order valence-electron chi connectivity index (χ2n) is 3.82. The van der Waals surface area contributed by atoms with E-state index in [1.807, 2.05) is 0 Å². The zero-order valence-electron chi connectivity index (χ0n) is 10.6. The van der Waals surface area contributed by atoms with Gasteiger partial charge in [-0.3, -0.25) is 0 Å². The number of methoxy groups -OCH3 is 1. The van der Waals surface area contributed by atoms with Gasteiger partial charge in [-0.25, -0.2) is 8.42 Å². The van der Waals surface area contributed by atoms with E-state index in [2.05, 4.69) is 0 Å². The molecule has 0 fully saturated rings. The largest absolute Gasteiger partial charge is 0.395 e. The topological polar surface area (TPSA) is 66.8 Å². The van der Waals surface area contributed by atoms with Crippen LogP contribution in [0.25, 0.3) is 0 Å². The fraction of sp³-hybridized carbons (Fsp3) is 0.455. The summed E-state index contributed by atoms with van der Waals surface area (Å²) in [6.45, 7) is -0.149. The molecular formula is C11H14Cl3NO4S. The van der Waals surface area contributed by atoms with Crippen LogP contribution >= 0.6 is 34.8 Å². The number of hydrogen-bond acceptors (Lipinski definition) is 4. The van der Waals surface area contributed by atoms with Crippen LogP contribution in [0.15, 0.2) is 17.0 Å². The van der Waals surface area contributed by atoms with Crippen LogP contribution in [-0.2, 0) is 14.8 Å². The minimum atomic E-state index is -3.94. The predicted octanol–water partition coefficient (Wildman–Crippen LogP) is 2.28. The van der Waals surface area contributed by atoms with Crippen molar-refractivity contribution in [3.63, 3.8) is 0 Å². The van der Waals surface area contributed by atoms with Gasteiger partial charge in [0, 0.05) is 25.2 Å². The summed E-state index contributed by atoms with van der Waals surface area (Å²) >= 11 is 17.6. The van der Waals surface area contributed by atoms with Crippen LogP contribution in [0, 0.1) is 0 Å². The van der Waals surface area contributed by atoms with Gasteiger partial charge in [0.25, 0.3) is 0 Å². The molecule has 1 N–H and O–H groups in total. The average Bonchev–Trinajstić information content (AvgIpc) is 2.32. The fourth-order valence-electron chi connectivity index (χ4n) is 1.56. The number of hydrogen-bond donors (Lipinski definition) is 1. The first-order chi connectivity index (χ1) is 9.34. The quantitative estimate of drug-likeness (QED) is 0.808. The molecule has 0 saturated carbocycles. The van der Waals surface area contributed by atoms with Crippen molar-refractivity contribution in [3.8, 4) is 0 Å². The number of sulfonamides is 1. The van der Waals surface area contributed by atoms with E-state index in [4.69, 9.17) is 44.6 Å². The molecule has 1 aromatic carbocycles. The minimum absolute atomic E-state index is 0.0668. The van der Waals surface area contributed by atoms with E-state index in [0.717, 1.165) is 4.31 Å². The number of aliphatic hydroxyl groups excluding tert-OH is 1. The van der Waals surface area contributed by atoms with Crippen molar-refractivity contribution in [1.29, 1.82) is 0 Å². The van der Waals surface area contributed by atoms with Crippen LogP contribution in [0.5, 0.6) is 0 Å². The molecule has 0 aliphatic rings. The molecule has 0 radical (unpaired) electrons. The van der Waals surface area contributed by atoms with Gasteiger partial charge in [-0.1, -0.05) is 34.8 Å². The highest BCUT2D eigenvalue weighted by atomic mass is 35.5. The zero-order chi connectivity index (χ0) is 15.3. The van der Waals surface area contributed by atoms with E-state index in [1.165, 1.54) is 19.2 Å². The van der Waals surface area contributed by atoms with E-state index in [0.29, 0.717) is 0 Å². The van der Waals surface area contributed by atoms with Crippen molar-refractivity contribution in [1.82, 2.24) is 4.31 Å². The van der Waals surface area contributed by atoms with Crippen LogP contribution in [0.1, 0.15) is 0 Å². The molecule has 0 aromatic heterocycles. The van der Waals surface area contributed by atoms with Gasteiger partial charge in [-0.2, -0.15) is 4.31 Å². The smallest absolute Gasteiger partial charge is 0.246 e. The Morgan fingerprint density at radius 1 is 1.20 bits per heavy atom. The van der Waals surface area contributed by atoms with E-state index >= 15 is 0 Å². The first-order valence-corrected chi connectivity index (χ1v) is 8.16. The van der Waals surface area contributed by atoms with Gasteiger partial charge in [-0.15, -0.1) is 0 Å². The summed E-state index contributed by atoms with van der Waals surface area (Å²) in [6, 6.07) is 2.60. The predicted molar refractivity (Wildman–Crippen MR) is 79.2 cm³/mol. The van der Waals surface area contributed by atoms with Crippen molar-refractivity contribution in [3.05, 3.63) is 27.2 Å². The maximum Gasteiger partial charge on any atom is 0.246 e. The lowest BCUT2D eigenvalue weighted by Crippen LogP contribution is -2.36. The number of rotatable bonds is 7. The van der Waals surface area contributed by atoms with Crippen molar-refractivity contribution >= 4 is 44.8 Å². The number of nitrogens with zero attached hydrogens (tertiary/aromatic N) is 1. The third-order valence-electron chi connectivity index (χ3n) is 2.46. The highest BCUT2D eigenvalue weighted by molar-refractivity contribution is 7.89. The summed E-state index contributed by atoms with van der Waals surface area (Å²) in [5.74, 6) is 0. The van der Waals surface area contributed by atoms with Gasteiger partial charge >= 0.3 is 0 Å². The first-order valence-electron chi connectivity index (χ1n) is 5.59. The van der Waals surface area contributed by atoms with Gasteiger partial charge in [0.2, 0.25) is 10.0 Å². The second kappa shape index (κ2) is 7.79. The molecule has 9 heteroatoms. The molecule has 0 saturated heterocycles. The Morgan fingerprint density at radius 2 is 1.75 bits per heavy atom. The molecule has 5 nitrogen and oxygen atoms in total. The molecule has 0 aliphatic heterocycles. The Morgan fingerprint density at radius 3 is 2.20 bits per heavy atom. The molecule has 1 rings (SSSR count). The Hall–Kier alpha value is -0.0800. The van der Waals surface area contributed by atoms with E-state index in [9.17, 15) is 8.42 Å². The Labute approximate surface area is 133 Å². The highest BCUT2D eigenvalue weighted by Crippen LogP contribution is 2.34. The third kappa shape index (κ3) is 4.21. The van der Waals surface area contributed by atoms with Crippen molar-refractivity contribution in [2.45, 2.75) is 4.90 Å². The maximum absolute atomic E-state index is 12.5. The standard InChI is InChI=1S/C11H14Cl3NO4S/c1-19-5-3-15(2-4-16)20(17,18)11-9(13)6-8(12)7-10(11)14/h6-7,16H,2-5H2,1H3. The van der Waals surface area contributed by atoms with Gasteiger partial charge in [-0.05, 0) is 12.1 Å². The van der Waals surface area contributed by atoms with E-state index in [1.54, 1.807) is 0 Å². The van der Waals surface area contributed by atoms with E-state index < -0.39 is 10.0 Å². The van der Waals surface area contributed by atoms with Crippen molar-refractivity contribution in [2.24, 2.45) is 0 Å². The number of halogens is 3. The molecule has 0 spiro atoms. The molecule has 0 bridgehead atoms. The van der Waals surface area contributed by atoms with Gasteiger partial charge in [0.15, 0.2) is 0 Å². The van der Waals surface area contributed by atoms with Crippen LogP contribution in [0.3, 0.4) is 0 Å². The van der Waals surface area contributed by atoms with Crippen LogP contribution in [0.4, 0.5) is 0 Å². The summed E-state index contributed by atoms with van der Waals surface area (Å²) in [7, 11) is -2.49. The van der Waals surface area contributed by atoms with E-state index in [-0.39, 0.29) is 46.3 Å². The summed E-state index contributed by atoms with van der Waals surface area (Å²) in [5, 5.41) is 9.10. The lowest BCUT2D eigenvalue weighted by atomic mass is 10.4. The average molecular weight is 363 g/mol.